The topological polar surface area (TPSA) is 63.5 Å². The zero-order valence-electron chi connectivity index (χ0n) is 17.0. The highest BCUT2D eigenvalue weighted by atomic mass is 127. The number of guanidine groups is 1. The Bertz CT molecular complexity index is 638. The number of likely N-dealkylation sites (tertiary alicyclic amines) is 1. The van der Waals surface area contributed by atoms with Crippen LogP contribution in [-0.2, 0) is 6.54 Å². The molecule has 2 N–H and O–H groups in total. The van der Waals surface area contributed by atoms with Gasteiger partial charge in [-0.25, -0.2) is 0 Å². The van der Waals surface area contributed by atoms with Crippen molar-refractivity contribution in [3.05, 3.63) is 35.4 Å². The summed E-state index contributed by atoms with van der Waals surface area (Å²) in [4.78, 5) is 7.04. The van der Waals surface area contributed by atoms with Crippen LogP contribution in [0.2, 0.25) is 0 Å². The molecule has 2 fully saturated rings. The number of nitriles is 1. The van der Waals surface area contributed by atoms with Gasteiger partial charge in [-0.05, 0) is 49.3 Å². The highest BCUT2D eigenvalue weighted by molar-refractivity contribution is 14.0. The van der Waals surface area contributed by atoms with E-state index in [0.29, 0.717) is 18.2 Å². The third kappa shape index (κ3) is 7.25. The molecule has 0 aromatic heterocycles. The standard InChI is InChI=1S/C22H33N5.HI/c1-24-22(25-16-19-9-7-18(15-23)8-10-19)26-21-11-13-27(14-12-21)17-20-5-3-2-4-6-20;/h7-10,20-21H,2-6,11-14,16-17H2,1H3,(H2,24,25,26);1H. The third-order valence-corrected chi connectivity index (χ3v) is 5.94. The predicted octanol–water partition coefficient (Wildman–Crippen LogP) is 3.89. The molecule has 1 saturated heterocycles. The number of piperidine rings is 1. The van der Waals surface area contributed by atoms with Crippen molar-refractivity contribution in [2.75, 3.05) is 26.7 Å². The van der Waals surface area contributed by atoms with Gasteiger partial charge in [-0.2, -0.15) is 5.26 Å². The van der Waals surface area contributed by atoms with Crippen LogP contribution in [0, 0.1) is 17.2 Å². The highest BCUT2D eigenvalue weighted by Gasteiger charge is 2.23. The Morgan fingerprint density at radius 2 is 1.79 bits per heavy atom. The number of nitrogens with one attached hydrogen (secondary N) is 2. The summed E-state index contributed by atoms with van der Waals surface area (Å²) >= 11 is 0. The maximum Gasteiger partial charge on any atom is 0.191 e. The summed E-state index contributed by atoms with van der Waals surface area (Å²) < 4.78 is 0. The Morgan fingerprint density at radius 3 is 2.39 bits per heavy atom. The molecule has 1 aliphatic heterocycles. The largest absolute Gasteiger partial charge is 0.354 e. The Hall–Kier alpha value is -1.33. The lowest BCUT2D eigenvalue weighted by Crippen LogP contribution is -2.49. The van der Waals surface area contributed by atoms with Gasteiger partial charge in [0.25, 0.3) is 0 Å². The molecule has 1 aromatic carbocycles. The molecule has 5 nitrogen and oxygen atoms in total. The van der Waals surface area contributed by atoms with Gasteiger partial charge in [0.2, 0.25) is 0 Å². The summed E-state index contributed by atoms with van der Waals surface area (Å²) in [7, 11) is 1.83. The van der Waals surface area contributed by atoms with Gasteiger partial charge in [-0.3, -0.25) is 4.99 Å². The fourth-order valence-corrected chi connectivity index (χ4v) is 4.27. The molecule has 1 aromatic rings. The molecule has 0 unspecified atom stereocenters. The molecule has 0 amide bonds. The summed E-state index contributed by atoms with van der Waals surface area (Å²) in [5.41, 5.74) is 1.85. The maximum absolute atomic E-state index is 8.88. The van der Waals surface area contributed by atoms with Crippen molar-refractivity contribution < 1.29 is 0 Å². The van der Waals surface area contributed by atoms with E-state index >= 15 is 0 Å². The van der Waals surface area contributed by atoms with Crippen LogP contribution in [0.1, 0.15) is 56.1 Å². The van der Waals surface area contributed by atoms with Crippen molar-refractivity contribution in [3.63, 3.8) is 0 Å². The van der Waals surface area contributed by atoms with Crippen LogP contribution in [0.15, 0.2) is 29.3 Å². The molecule has 1 aliphatic carbocycles. The lowest BCUT2D eigenvalue weighted by Gasteiger charge is -2.36. The molecule has 3 rings (SSSR count). The predicted molar refractivity (Wildman–Crippen MR) is 126 cm³/mol. The van der Waals surface area contributed by atoms with Crippen molar-refractivity contribution in [3.8, 4) is 6.07 Å². The molecular formula is C22H34IN5. The first-order valence-corrected chi connectivity index (χ1v) is 10.5. The minimum absolute atomic E-state index is 0. The van der Waals surface area contributed by atoms with Crippen LogP contribution < -0.4 is 10.6 Å². The minimum Gasteiger partial charge on any atom is -0.354 e. The summed E-state index contributed by atoms with van der Waals surface area (Å²) in [6.45, 7) is 4.41. The fraction of sp³-hybridized carbons (Fsp3) is 0.636. The van der Waals surface area contributed by atoms with Gasteiger partial charge in [0.1, 0.15) is 0 Å². The molecule has 1 heterocycles. The van der Waals surface area contributed by atoms with Crippen LogP contribution in [0.25, 0.3) is 0 Å². The molecule has 2 aliphatic rings. The molecule has 154 valence electrons. The number of hydrogen-bond acceptors (Lipinski definition) is 3. The second-order valence-electron chi connectivity index (χ2n) is 7.96. The number of halogens is 1. The molecule has 1 saturated carbocycles. The lowest BCUT2D eigenvalue weighted by molar-refractivity contribution is 0.160. The highest BCUT2D eigenvalue weighted by Crippen LogP contribution is 2.25. The van der Waals surface area contributed by atoms with E-state index in [0.717, 1.165) is 17.4 Å². The molecule has 28 heavy (non-hydrogen) atoms. The average molecular weight is 495 g/mol. The SMILES string of the molecule is CN=C(NCc1ccc(C#N)cc1)NC1CCN(CC2CCCCC2)CC1.I. The molecule has 0 radical (unpaired) electrons. The van der Waals surface area contributed by atoms with Crippen LogP contribution in [0.3, 0.4) is 0 Å². The van der Waals surface area contributed by atoms with Crippen molar-refractivity contribution in [1.29, 1.82) is 5.26 Å². The van der Waals surface area contributed by atoms with Crippen LogP contribution in [0.4, 0.5) is 0 Å². The van der Waals surface area contributed by atoms with E-state index in [-0.39, 0.29) is 24.0 Å². The minimum atomic E-state index is 0. The smallest absolute Gasteiger partial charge is 0.191 e. The zero-order valence-corrected chi connectivity index (χ0v) is 19.3. The molecule has 0 atom stereocenters. The van der Waals surface area contributed by atoms with E-state index in [2.05, 4.69) is 26.6 Å². The Balaban J connectivity index is 0.00000280. The van der Waals surface area contributed by atoms with Gasteiger partial charge in [-0.1, -0.05) is 31.4 Å². The number of benzene rings is 1. The van der Waals surface area contributed by atoms with Gasteiger partial charge in [0.05, 0.1) is 11.6 Å². The van der Waals surface area contributed by atoms with Crippen LogP contribution in [0.5, 0.6) is 0 Å². The first kappa shape index (κ1) is 23.0. The van der Waals surface area contributed by atoms with E-state index in [1.54, 1.807) is 0 Å². The number of hydrogen-bond donors (Lipinski definition) is 2. The number of aliphatic imine (C=N–C) groups is 1. The lowest BCUT2D eigenvalue weighted by atomic mass is 9.88. The average Bonchev–Trinajstić information content (AvgIpc) is 2.73. The maximum atomic E-state index is 8.88. The second-order valence-corrected chi connectivity index (χ2v) is 7.96. The Morgan fingerprint density at radius 1 is 1.11 bits per heavy atom. The van der Waals surface area contributed by atoms with Crippen molar-refractivity contribution in [1.82, 2.24) is 15.5 Å². The van der Waals surface area contributed by atoms with E-state index in [1.165, 1.54) is 64.6 Å². The molecular weight excluding hydrogens is 461 g/mol. The van der Waals surface area contributed by atoms with Gasteiger partial charge in [0, 0.05) is 39.3 Å². The number of rotatable bonds is 5. The molecule has 0 spiro atoms. The van der Waals surface area contributed by atoms with Crippen molar-refractivity contribution >= 4 is 29.9 Å². The van der Waals surface area contributed by atoms with Crippen molar-refractivity contribution in [2.24, 2.45) is 10.9 Å². The summed E-state index contributed by atoms with van der Waals surface area (Å²) in [6, 6.07) is 10.3. The molecule has 0 bridgehead atoms. The quantitative estimate of drug-likeness (QED) is 0.370. The third-order valence-electron chi connectivity index (χ3n) is 5.94. The van der Waals surface area contributed by atoms with Gasteiger partial charge in [-0.15, -0.1) is 24.0 Å². The summed E-state index contributed by atoms with van der Waals surface area (Å²) in [6.07, 6.45) is 9.55. The second kappa shape index (κ2) is 12.3. The normalized spacial score (nSPS) is 19.5. The van der Waals surface area contributed by atoms with E-state index in [4.69, 9.17) is 5.26 Å². The zero-order chi connectivity index (χ0) is 18.9. The van der Waals surface area contributed by atoms with Gasteiger partial charge < -0.3 is 15.5 Å². The van der Waals surface area contributed by atoms with Crippen LogP contribution in [-0.4, -0.2) is 43.6 Å². The monoisotopic (exact) mass is 495 g/mol. The fourth-order valence-electron chi connectivity index (χ4n) is 4.27. The van der Waals surface area contributed by atoms with Gasteiger partial charge >= 0.3 is 0 Å². The van der Waals surface area contributed by atoms with Crippen LogP contribution >= 0.6 is 24.0 Å². The Labute approximate surface area is 187 Å². The summed E-state index contributed by atoms with van der Waals surface area (Å²) in [5, 5.41) is 15.9. The van der Waals surface area contributed by atoms with E-state index in [9.17, 15) is 0 Å². The number of nitrogens with zero attached hydrogens (tertiary/aromatic N) is 3. The Kier molecular flexibility index (Phi) is 10.1. The first-order valence-electron chi connectivity index (χ1n) is 10.5. The van der Waals surface area contributed by atoms with Gasteiger partial charge in [0.15, 0.2) is 5.96 Å². The molecule has 6 heteroatoms. The first-order chi connectivity index (χ1) is 13.3. The van der Waals surface area contributed by atoms with E-state index in [1.807, 2.05) is 31.3 Å². The van der Waals surface area contributed by atoms with Crippen molar-refractivity contribution in [2.45, 2.75) is 57.5 Å². The summed E-state index contributed by atoms with van der Waals surface area (Å²) in [5.74, 6) is 1.80. The van der Waals surface area contributed by atoms with E-state index < -0.39 is 0 Å².